The molecule has 0 saturated carbocycles. The first-order valence-corrected chi connectivity index (χ1v) is 8.28. The maximum atomic E-state index is 12.3. The molecule has 0 fully saturated rings. The molecule has 2 N–H and O–H groups in total. The summed E-state index contributed by atoms with van der Waals surface area (Å²) >= 11 is 0. The summed E-state index contributed by atoms with van der Waals surface area (Å²) in [5, 5.41) is 3.92. The highest BCUT2D eigenvalue weighted by Crippen LogP contribution is 2.26. The number of nitrogens with one attached hydrogen (secondary N) is 2. The van der Waals surface area contributed by atoms with Crippen LogP contribution in [0.4, 0.5) is 0 Å². The zero-order chi connectivity index (χ0) is 17.4. The quantitative estimate of drug-likeness (QED) is 0.597. The van der Waals surface area contributed by atoms with Crippen LogP contribution in [-0.2, 0) is 17.8 Å². The molecule has 0 bridgehead atoms. The first-order chi connectivity index (χ1) is 12.1. The third-order valence-corrected chi connectivity index (χ3v) is 4.58. The number of hydrogen-bond donors (Lipinski definition) is 2. The van der Waals surface area contributed by atoms with Gasteiger partial charge in [-0.05, 0) is 37.1 Å². The summed E-state index contributed by atoms with van der Waals surface area (Å²) in [4.78, 5) is 20.0. The summed E-state index contributed by atoms with van der Waals surface area (Å²) in [7, 11) is 0. The molecule has 4 rings (SSSR count). The van der Waals surface area contributed by atoms with E-state index in [0.717, 1.165) is 39.0 Å². The highest BCUT2D eigenvalue weighted by atomic mass is 16.3. The molecule has 0 aliphatic rings. The van der Waals surface area contributed by atoms with Gasteiger partial charge in [-0.25, -0.2) is 4.98 Å². The number of fused-ring (bicyclic) bond motifs is 2. The Morgan fingerprint density at radius 2 is 2.04 bits per heavy atom. The highest BCUT2D eigenvalue weighted by molar-refractivity contribution is 5.89. The number of nitrogens with zero attached hydrogens (tertiary/aromatic N) is 1. The Morgan fingerprint density at radius 1 is 1.20 bits per heavy atom. The molecule has 0 radical (unpaired) electrons. The van der Waals surface area contributed by atoms with Crippen molar-refractivity contribution in [1.82, 2.24) is 15.3 Å². The maximum Gasteiger partial charge on any atom is 0.224 e. The molecule has 1 amide bonds. The molecule has 5 nitrogen and oxygen atoms in total. The van der Waals surface area contributed by atoms with Gasteiger partial charge >= 0.3 is 0 Å². The topological polar surface area (TPSA) is 70.9 Å². The number of imidazole rings is 1. The molecule has 0 unspecified atom stereocenters. The molecule has 0 aliphatic carbocycles. The monoisotopic (exact) mass is 333 g/mol. The predicted molar refractivity (Wildman–Crippen MR) is 97.3 cm³/mol. The molecule has 5 heteroatoms. The predicted octanol–water partition coefficient (Wildman–Crippen LogP) is 3.78. The minimum Gasteiger partial charge on any atom is -0.464 e. The summed E-state index contributed by atoms with van der Waals surface area (Å²) in [6.07, 6.45) is 1.97. The van der Waals surface area contributed by atoms with E-state index in [4.69, 9.17) is 4.42 Å². The van der Waals surface area contributed by atoms with Crippen LogP contribution in [0.2, 0.25) is 0 Å². The minimum atomic E-state index is -0.0543. The molecular formula is C20H19N3O2. The molecule has 0 atom stereocenters. The summed E-state index contributed by atoms with van der Waals surface area (Å²) in [6, 6.07) is 11.9. The number of carbonyl (C=O) groups excluding carboxylic acids is 1. The number of benzene rings is 2. The second-order valence-electron chi connectivity index (χ2n) is 6.30. The van der Waals surface area contributed by atoms with Gasteiger partial charge in [0.25, 0.3) is 0 Å². The lowest BCUT2D eigenvalue weighted by Crippen LogP contribution is -2.25. The maximum absolute atomic E-state index is 12.3. The first kappa shape index (κ1) is 15.4. The Labute approximate surface area is 145 Å². The fraction of sp³-hybridized carbons (Fsp3) is 0.200. The highest BCUT2D eigenvalue weighted by Gasteiger charge is 2.13. The number of para-hydroxylation sites is 2. The fourth-order valence-electron chi connectivity index (χ4n) is 3.03. The van der Waals surface area contributed by atoms with Crippen molar-refractivity contribution in [1.29, 1.82) is 0 Å². The third-order valence-electron chi connectivity index (χ3n) is 4.58. The summed E-state index contributed by atoms with van der Waals surface area (Å²) in [5.74, 6) is 0.694. The van der Waals surface area contributed by atoms with Crippen molar-refractivity contribution in [3.8, 4) is 0 Å². The lowest BCUT2D eigenvalue weighted by Gasteiger charge is -2.03. The number of rotatable bonds is 4. The van der Waals surface area contributed by atoms with Crippen molar-refractivity contribution < 1.29 is 9.21 Å². The van der Waals surface area contributed by atoms with E-state index in [0.29, 0.717) is 6.54 Å². The molecule has 0 aliphatic heterocycles. The molecule has 2 heterocycles. The van der Waals surface area contributed by atoms with Crippen molar-refractivity contribution >= 4 is 27.9 Å². The second-order valence-corrected chi connectivity index (χ2v) is 6.30. The van der Waals surface area contributed by atoms with Crippen LogP contribution in [0.1, 0.15) is 22.5 Å². The van der Waals surface area contributed by atoms with Gasteiger partial charge in [0.05, 0.1) is 30.3 Å². The van der Waals surface area contributed by atoms with Gasteiger partial charge in [0, 0.05) is 10.9 Å². The van der Waals surface area contributed by atoms with Crippen molar-refractivity contribution in [3.05, 3.63) is 65.2 Å². The number of aryl methyl sites for hydroxylation is 2. The van der Waals surface area contributed by atoms with E-state index in [1.165, 1.54) is 5.56 Å². The fourth-order valence-corrected chi connectivity index (χ4v) is 3.03. The second kappa shape index (κ2) is 6.09. The van der Waals surface area contributed by atoms with Crippen LogP contribution in [0, 0.1) is 13.8 Å². The van der Waals surface area contributed by atoms with Gasteiger partial charge < -0.3 is 14.7 Å². The summed E-state index contributed by atoms with van der Waals surface area (Å²) < 4.78 is 5.67. The van der Waals surface area contributed by atoms with E-state index < -0.39 is 0 Å². The van der Waals surface area contributed by atoms with Gasteiger partial charge in [-0.1, -0.05) is 24.3 Å². The van der Waals surface area contributed by atoms with Crippen LogP contribution < -0.4 is 5.32 Å². The van der Waals surface area contributed by atoms with Crippen LogP contribution in [0.15, 0.2) is 47.1 Å². The van der Waals surface area contributed by atoms with E-state index >= 15 is 0 Å². The molecule has 0 saturated heterocycles. The number of amides is 1. The van der Waals surface area contributed by atoms with Gasteiger partial charge in [0.15, 0.2) is 0 Å². The van der Waals surface area contributed by atoms with E-state index in [2.05, 4.69) is 28.3 Å². The number of H-pyrrole nitrogens is 1. The molecule has 126 valence electrons. The number of carbonyl (C=O) groups is 1. The number of hydrogen-bond acceptors (Lipinski definition) is 3. The average Bonchev–Trinajstić information content (AvgIpc) is 3.20. The lowest BCUT2D eigenvalue weighted by atomic mass is 10.0. The standard InChI is InChI=1S/C20H19N3O2/c1-12-7-8-15-14(11-25-20(15)13(12)2)9-19(24)21-10-18-22-16-5-3-4-6-17(16)23-18/h3-8,11H,9-10H2,1-2H3,(H,21,24)(H,22,23). The number of furan rings is 1. The molecule has 25 heavy (non-hydrogen) atoms. The third kappa shape index (κ3) is 2.89. The van der Waals surface area contributed by atoms with Gasteiger partial charge in [-0.3, -0.25) is 4.79 Å². The average molecular weight is 333 g/mol. The van der Waals surface area contributed by atoms with Gasteiger partial charge in [-0.2, -0.15) is 0 Å². The van der Waals surface area contributed by atoms with E-state index in [9.17, 15) is 4.79 Å². The van der Waals surface area contributed by atoms with Crippen LogP contribution in [0.5, 0.6) is 0 Å². The van der Waals surface area contributed by atoms with E-state index in [-0.39, 0.29) is 12.3 Å². The summed E-state index contributed by atoms with van der Waals surface area (Å²) in [5.41, 5.74) is 5.94. The van der Waals surface area contributed by atoms with Crippen molar-refractivity contribution in [2.75, 3.05) is 0 Å². The smallest absolute Gasteiger partial charge is 0.224 e. The minimum absolute atomic E-state index is 0.0543. The van der Waals surface area contributed by atoms with Crippen molar-refractivity contribution in [3.63, 3.8) is 0 Å². The van der Waals surface area contributed by atoms with E-state index in [1.54, 1.807) is 6.26 Å². The molecule has 0 spiro atoms. The van der Waals surface area contributed by atoms with Crippen molar-refractivity contribution in [2.24, 2.45) is 0 Å². The van der Waals surface area contributed by atoms with Crippen LogP contribution in [0.25, 0.3) is 22.0 Å². The molecule has 2 aromatic carbocycles. The van der Waals surface area contributed by atoms with Crippen LogP contribution >= 0.6 is 0 Å². The number of aromatic nitrogens is 2. The Morgan fingerprint density at radius 3 is 2.88 bits per heavy atom. The van der Waals surface area contributed by atoms with Crippen molar-refractivity contribution in [2.45, 2.75) is 26.8 Å². The molecule has 2 aromatic heterocycles. The zero-order valence-electron chi connectivity index (χ0n) is 14.2. The largest absolute Gasteiger partial charge is 0.464 e. The van der Waals surface area contributed by atoms with E-state index in [1.807, 2.05) is 37.3 Å². The zero-order valence-corrected chi connectivity index (χ0v) is 14.2. The Bertz CT molecular complexity index is 1040. The molecular weight excluding hydrogens is 314 g/mol. The number of aromatic amines is 1. The van der Waals surface area contributed by atoms with Gasteiger partial charge in [-0.15, -0.1) is 0 Å². The molecule has 4 aromatic rings. The Kier molecular flexibility index (Phi) is 3.76. The summed E-state index contributed by atoms with van der Waals surface area (Å²) in [6.45, 7) is 4.46. The Balaban J connectivity index is 1.46. The normalized spacial score (nSPS) is 11.3. The van der Waals surface area contributed by atoms with Crippen LogP contribution in [-0.4, -0.2) is 15.9 Å². The first-order valence-electron chi connectivity index (χ1n) is 8.28. The van der Waals surface area contributed by atoms with Gasteiger partial charge in [0.1, 0.15) is 11.4 Å². The lowest BCUT2D eigenvalue weighted by molar-refractivity contribution is -0.120. The SMILES string of the molecule is Cc1ccc2c(CC(=O)NCc3nc4ccccc4[nH]3)coc2c1C. The Hall–Kier alpha value is -3.08. The van der Waals surface area contributed by atoms with Crippen LogP contribution in [0.3, 0.4) is 0 Å². The van der Waals surface area contributed by atoms with Gasteiger partial charge in [0.2, 0.25) is 5.91 Å².